The van der Waals surface area contributed by atoms with E-state index in [-0.39, 0.29) is 24.2 Å². The van der Waals surface area contributed by atoms with Crippen molar-refractivity contribution < 1.29 is 9.53 Å². The third-order valence-corrected chi connectivity index (χ3v) is 2.83. The summed E-state index contributed by atoms with van der Waals surface area (Å²) in [7, 11) is 1.84. The van der Waals surface area contributed by atoms with E-state index in [0.29, 0.717) is 13.2 Å². The van der Waals surface area contributed by atoms with Gasteiger partial charge in [-0.2, -0.15) is 0 Å². The Labute approximate surface area is 127 Å². The Bertz CT molecular complexity index is 399. The average molecular weight is 301 g/mol. The van der Waals surface area contributed by atoms with E-state index in [0.717, 1.165) is 24.3 Å². The van der Waals surface area contributed by atoms with Gasteiger partial charge in [-0.15, -0.1) is 12.4 Å². The highest BCUT2D eigenvalue weighted by molar-refractivity contribution is 5.92. The van der Waals surface area contributed by atoms with Crippen molar-refractivity contribution in [2.45, 2.75) is 26.7 Å². The second kappa shape index (κ2) is 10.5. The van der Waals surface area contributed by atoms with Crippen molar-refractivity contribution in [2.75, 3.05) is 25.5 Å². The molecule has 0 bridgehead atoms. The number of benzene rings is 1. The maximum absolute atomic E-state index is 11.9. The van der Waals surface area contributed by atoms with Gasteiger partial charge in [-0.3, -0.25) is 4.79 Å². The maximum atomic E-state index is 11.9. The van der Waals surface area contributed by atoms with Crippen molar-refractivity contribution in [1.82, 2.24) is 5.32 Å². The molecular formula is C15H25ClN2O2. The van der Waals surface area contributed by atoms with Crippen LogP contribution in [0.4, 0.5) is 5.69 Å². The quantitative estimate of drug-likeness (QED) is 0.725. The zero-order valence-electron chi connectivity index (χ0n) is 12.4. The van der Waals surface area contributed by atoms with Gasteiger partial charge in [-0.1, -0.05) is 26.3 Å². The van der Waals surface area contributed by atoms with Crippen LogP contribution in [-0.4, -0.2) is 26.1 Å². The van der Waals surface area contributed by atoms with Crippen molar-refractivity contribution >= 4 is 24.0 Å². The van der Waals surface area contributed by atoms with Crippen LogP contribution in [0.1, 0.15) is 26.7 Å². The van der Waals surface area contributed by atoms with Gasteiger partial charge in [0.25, 0.3) is 0 Å². The van der Waals surface area contributed by atoms with Crippen LogP contribution < -0.4 is 15.4 Å². The van der Waals surface area contributed by atoms with Gasteiger partial charge >= 0.3 is 0 Å². The van der Waals surface area contributed by atoms with Gasteiger partial charge in [0.2, 0.25) is 5.91 Å². The molecule has 1 amide bonds. The molecule has 1 atom stereocenters. The Balaban J connectivity index is 0.00000361. The first-order chi connectivity index (χ1) is 9.17. The molecule has 0 aromatic heterocycles. The minimum Gasteiger partial charge on any atom is -0.494 e. The number of anilines is 1. The summed E-state index contributed by atoms with van der Waals surface area (Å²) < 4.78 is 5.61. The Morgan fingerprint density at radius 1 is 1.40 bits per heavy atom. The molecule has 0 fully saturated rings. The molecule has 2 N–H and O–H groups in total. The Hall–Kier alpha value is -1.26. The van der Waals surface area contributed by atoms with E-state index in [1.165, 1.54) is 0 Å². The smallest absolute Gasteiger partial charge is 0.228 e. The number of carbonyl (C=O) groups excluding carboxylic acids is 1. The predicted octanol–water partition coefficient (Wildman–Crippen LogP) is 3.08. The molecule has 0 saturated carbocycles. The third kappa shape index (κ3) is 6.78. The Morgan fingerprint density at radius 3 is 2.80 bits per heavy atom. The number of carbonyl (C=O) groups is 1. The molecule has 0 saturated heterocycles. The molecule has 1 aromatic rings. The zero-order valence-corrected chi connectivity index (χ0v) is 13.3. The Morgan fingerprint density at radius 2 is 2.15 bits per heavy atom. The lowest BCUT2D eigenvalue weighted by molar-refractivity contribution is -0.119. The van der Waals surface area contributed by atoms with Crippen molar-refractivity contribution in [1.29, 1.82) is 0 Å². The molecule has 0 spiro atoms. The second-order valence-electron chi connectivity index (χ2n) is 4.68. The van der Waals surface area contributed by atoms with Gasteiger partial charge < -0.3 is 15.4 Å². The molecule has 0 aliphatic carbocycles. The van der Waals surface area contributed by atoms with Crippen molar-refractivity contribution in [3.05, 3.63) is 24.3 Å². The summed E-state index contributed by atoms with van der Waals surface area (Å²) >= 11 is 0. The summed E-state index contributed by atoms with van der Waals surface area (Å²) in [6, 6.07) is 7.53. The number of hydrogen-bond donors (Lipinski definition) is 2. The number of amides is 1. The third-order valence-electron chi connectivity index (χ3n) is 2.83. The van der Waals surface area contributed by atoms with E-state index < -0.39 is 0 Å². The first-order valence-electron chi connectivity index (χ1n) is 6.85. The highest BCUT2D eigenvalue weighted by Gasteiger charge is 2.11. The lowest BCUT2D eigenvalue weighted by Crippen LogP contribution is -2.28. The molecule has 0 radical (unpaired) electrons. The molecule has 5 heteroatoms. The highest BCUT2D eigenvalue weighted by atomic mass is 35.5. The van der Waals surface area contributed by atoms with Gasteiger partial charge in [-0.25, -0.2) is 0 Å². The zero-order chi connectivity index (χ0) is 14.1. The maximum Gasteiger partial charge on any atom is 0.228 e. The highest BCUT2D eigenvalue weighted by Crippen LogP contribution is 2.18. The topological polar surface area (TPSA) is 50.4 Å². The summed E-state index contributed by atoms with van der Waals surface area (Å²) in [6.07, 6.45) is 2.15. The largest absolute Gasteiger partial charge is 0.494 e. The van der Waals surface area contributed by atoms with Crippen LogP contribution in [0.15, 0.2) is 24.3 Å². The minimum absolute atomic E-state index is 0. The molecular weight excluding hydrogens is 276 g/mol. The van der Waals surface area contributed by atoms with Gasteiger partial charge in [0, 0.05) is 24.2 Å². The molecule has 0 aliphatic heterocycles. The SMILES string of the molecule is CCCCOc1cccc(NC(=O)C(C)CNC)c1.Cl. The molecule has 4 nitrogen and oxygen atoms in total. The van der Waals surface area contributed by atoms with Crippen LogP contribution >= 0.6 is 12.4 Å². The molecule has 1 rings (SSSR count). The van der Waals surface area contributed by atoms with E-state index in [9.17, 15) is 4.79 Å². The first-order valence-corrected chi connectivity index (χ1v) is 6.85. The Kier molecular flexibility index (Phi) is 9.86. The first kappa shape index (κ1) is 18.7. The summed E-state index contributed by atoms with van der Waals surface area (Å²) in [4.78, 5) is 11.9. The number of ether oxygens (including phenoxy) is 1. The lowest BCUT2D eigenvalue weighted by Gasteiger charge is -2.12. The van der Waals surface area contributed by atoms with Crippen LogP contribution in [0.2, 0.25) is 0 Å². The second-order valence-corrected chi connectivity index (χ2v) is 4.68. The van der Waals surface area contributed by atoms with Crippen molar-refractivity contribution in [2.24, 2.45) is 5.92 Å². The summed E-state index contributed by atoms with van der Waals surface area (Å²) in [5, 5.41) is 5.89. The average Bonchev–Trinajstić information content (AvgIpc) is 2.40. The van der Waals surface area contributed by atoms with Crippen LogP contribution in [0.3, 0.4) is 0 Å². The summed E-state index contributed by atoms with van der Waals surface area (Å²) in [5.41, 5.74) is 0.780. The van der Waals surface area contributed by atoms with Crippen LogP contribution in [0.25, 0.3) is 0 Å². The summed E-state index contributed by atoms with van der Waals surface area (Å²) in [6.45, 7) is 5.40. The van der Waals surface area contributed by atoms with Gasteiger partial charge in [0.15, 0.2) is 0 Å². The number of nitrogens with one attached hydrogen (secondary N) is 2. The van der Waals surface area contributed by atoms with Crippen molar-refractivity contribution in [3.8, 4) is 5.75 Å². The molecule has 1 unspecified atom stereocenters. The molecule has 0 aliphatic rings. The van der Waals surface area contributed by atoms with Gasteiger partial charge in [-0.05, 0) is 25.6 Å². The molecule has 114 valence electrons. The van der Waals surface area contributed by atoms with Crippen LogP contribution in [-0.2, 0) is 4.79 Å². The standard InChI is InChI=1S/C15H24N2O2.ClH/c1-4-5-9-19-14-8-6-7-13(10-14)17-15(18)12(2)11-16-3;/h6-8,10,12,16H,4-5,9,11H2,1-3H3,(H,17,18);1H. The fourth-order valence-electron chi connectivity index (χ4n) is 1.66. The number of rotatable bonds is 8. The lowest BCUT2D eigenvalue weighted by atomic mass is 10.1. The van der Waals surface area contributed by atoms with Crippen LogP contribution in [0, 0.1) is 5.92 Å². The number of hydrogen-bond acceptors (Lipinski definition) is 3. The minimum atomic E-state index is -0.0605. The van der Waals surface area contributed by atoms with E-state index in [2.05, 4.69) is 17.6 Å². The van der Waals surface area contributed by atoms with Gasteiger partial charge in [0.1, 0.15) is 5.75 Å². The monoisotopic (exact) mass is 300 g/mol. The van der Waals surface area contributed by atoms with E-state index in [1.54, 1.807) is 0 Å². The molecule has 1 aromatic carbocycles. The van der Waals surface area contributed by atoms with Crippen LogP contribution in [0.5, 0.6) is 5.75 Å². The fourth-order valence-corrected chi connectivity index (χ4v) is 1.66. The number of unbranched alkanes of at least 4 members (excludes halogenated alkanes) is 1. The predicted molar refractivity (Wildman–Crippen MR) is 85.8 cm³/mol. The summed E-state index contributed by atoms with van der Waals surface area (Å²) in [5.74, 6) is 0.752. The normalized spacial score (nSPS) is 11.3. The fraction of sp³-hybridized carbons (Fsp3) is 0.533. The van der Waals surface area contributed by atoms with E-state index in [4.69, 9.17) is 4.74 Å². The van der Waals surface area contributed by atoms with Crippen molar-refractivity contribution in [3.63, 3.8) is 0 Å². The molecule has 0 heterocycles. The molecule has 20 heavy (non-hydrogen) atoms. The van der Waals surface area contributed by atoms with Gasteiger partial charge in [0.05, 0.1) is 6.61 Å². The number of halogens is 1. The van der Waals surface area contributed by atoms with E-state index in [1.807, 2.05) is 38.2 Å². The van der Waals surface area contributed by atoms with E-state index >= 15 is 0 Å².